The van der Waals surface area contributed by atoms with Crippen LogP contribution in [0.3, 0.4) is 0 Å². The Hall–Kier alpha value is -0.490. The molecule has 1 fully saturated rings. The number of urea groups is 1. The Labute approximate surface area is 120 Å². The molecule has 1 aliphatic heterocycles. The normalized spacial score (nSPS) is 17.1. The van der Waals surface area contributed by atoms with Gasteiger partial charge in [-0.3, -0.25) is 0 Å². The fourth-order valence-electron chi connectivity index (χ4n) is 2.10. The minimum absolute atomic E-state index is 0.0276. The van der Waals surface area contributed by atoms with E-state index in [1.165, 1.54) is 0 Å². The minimum Gasteiger partial charge on any atom is -0.336 e. The summed E-state index contributed by atoms with van der Waals surface area (Å²) in [7, 11) is 0. The van der Waals surface area contributed by atoms with E-state index in [1.807, 2.05) is 29.2 Å². The lowest BCUT2D eigenvalue weighted by Crippen LogP contribution is -2.32. The first-order valence-corrected chi connectivity index (χ1v) is 7.48. The van der Waals surface area contributed by atoms with Gasteiger partial charge in [-0.2, -0.15) is 0 Å². The Kier molecular flexibility index (Phi) is 4.50. The van der Waals surface area contributed by atoms with E-state index < -0.39 is 0 Å². The van der Waals surface area contributed by atoms with Crippen molar-refractivity contribution in [3.8, 4) is 0 Å². The number of benzene rings is 1. The number of nitrogens with one attached hydrogen (secondary N) is 1. The van der Waals surface area contributed by atoms with E-state index in [0.29, 0.717) is 0 Å². The Morgan fingerprint density at radius 2 is 2.35 bits per heavy atom. The van der Waals surface area contributed by atoms with Crippen molar-refractivity contribution in [1.82, 2.24) is 10.2 Å². The molecule has 1 aliphatic rings. The van der Waals surface area contributed by atoms with Crippen molar-refractivity contribution in [3.63, 3.8) is 0 Å². The molecule has 2 rings (SSSR count). The van der Waals surface area contributed by atoms with Gasteiger partial charge in [-0.1, -0.05) is 46.3 Å². The molecular weight excluding hydrogens is 351 g/mol. The summed E-state index contributed by atoms with van der Waals surface area (Å²) < 4.78 is 1.01. The van der Waals surface area contributed by atoms with E-state index in [4.69, 9.17) is 11.6 Å². The van der Waals surface area contributed by atoms with Gasteiger partial charge in [-0.25, -0.2) is 4.79 Å². The molecule has 1 heterocycles. The summed E-state index contributed by atoms with van der Waals surface area (Å²) in [5.41, 5.74) is 1.12. The van der Waals surface area contributed by atoms with Crippen LogP contribution in [0.15, 0.2) is 24.3 Å². The van der Waals surface area contributed by atoms with E-state index in [9.17, 15) is 4.79 Å². The molecule has 2 amide bonds. The molecule has 0 saturated carbocycles. The number of halogens is 2. The monoisotopic (exact) mass is 364 g/mol. The van der Waals surface area contributed by atoms with E-state index in [-0.39, 0.29) is 12.1 Å². The first-order valence-electron chi connectivity index (χ1n) is 5.58. The SMILES string of the molecule is O=C1NCCN1C(CCI)c1cccc(Cl)c1. The van der Waals surface area contributed by atoms with Gasteiger partial charge in [0.25, 0.3) is 0 Å². The van der Waals surface area contributed by atoms with E-state index >= 15 is 0 Å². The number of rotatable bonds is 4. The third kappa shape index (κ3) is 3.04. The van der Waals surface area contributed by atoms with Crippen molar-refractivity contribution in [2.24, 2.45) is 0 Å². The lowest BCUT2D eigenvalue weighted by atomic mass is 10.0. The first kappa shape index (κ1) is 13.0. The second-order valence-electron chi connectivity index (χ2n) is 3.97. The molecule has 0 bridgehead atoms. The van der Waals surface area contributed by atoms with Crippen LogP contribution in [0.25, 0.3) is 0 Å². The zero-order chi connectivity index (χ0) is 12.3. The van der Waals surface area contributed by atoms with Crippen LogP contribution >= 0.6 is 34.2 Å². The summed E-state index contributed by atoms with van der Waals surface area (Å²) in [5, 5.41) is 3.57. The van der Waals surface area contributed by atoms with Crippen molar-refractivity contribution in [2.45, 2.75) is 12.5 Å². The third-order valence-corrected chi connectivity index (χ3v) is 3.74. The van der Waals surface area contributed by atoms with E-state index in [0.717, 1.165) is 34.5 Å². The van der Waals surface area contributed by atoms with Gasteiger partial charge in [0.1, 0.15) is 0 Å². The smallest absolute Gasteiger partial charge is 0.318 e. The fraction of sp³-hybridized carbons (Fsp3) is 0.417. The molecule has 1 atom stereocenters. The minimum atomic E-state index is 0.0276. The largest absolute Gasteiger partial charge is 0.336 e. The summed E-state index contributed by atoms with van der Waals surface area (Å²) >= 11 is 8.35. The molecule has 3 nitrogen and oxygen atoms in total. The summed E-state index contributed by atoms with van der Waals surface area (Å²) in [6, 6.07) is 7.94. The van der Waals surface area contributed by atoms with Crippen LogP contribution in [0.5, 0.6) is 0 Å². The first-order chi connectivity index (χ1) is 8.22. The van der Waals surface area contributed by atoms with Crippen LogP contribution in [0.2, 0.25) is 5.02 Å². The third-order valence-electron chi connectivity index (χ3n) is 2.88. The Bertz CT molecular complexity index is 413. The maximum absolute atomic E-state index is 11.7. The zero-order valence-corrected chi connectivity index (χ0v) is 12.2. The molecule has 1 saturated heterocycles. The van der Waals surface area contributed by atoms with Gasteiger partial charge in [0.05, 0.1) is 6.04 Å². The number of hydrogen-bond acceptors (Lipinski definition) is 1. The molecule has 17 heavy (non-hydrogen) atoms. The summed E-state index contributed by atoms with van der Waals surface area (Å²) in [6.07, 6.45) is 0.953. The molecule has 0 aromatic heterocycles. The fourth-order valence-corrected chi connectivity index (χ4v) is 2.89. The van der Waals surface area contributed by atoms with Crippen LogP contribution in [-0.2, 0) is 0 Å². The summed E-state index contributed by atoms with van der Waals surface area (Å²) in [6.45, 7) is 1.50. The molecule has 1 unspecified atom stereocenters. The molecule has 1 aromatic carbocycles. The molecule has 1 N–H and O–H groups in total. The number of amides is 2. The van der Waals surface area contributed by atoms with Gasteiger partial charge in [-0.05, 0) is 24.1 Å². The maximum atomic E-state index is 11.7. The van der Waals surface area contributed by atoms with Gasteiger partial charge >= 0.3 is 6.03 Å². The lowest BCUT2D eigenvalue weighted by Gasteiger charge is -2.26. The van der Waals surface area contributed by atoms with E-state index in [2.05, 4.69) is 27.9 Å². The van der Waals surface area contributed by atoms with Gasteiger partial charge < -0.3 is 10.2 Å². The highest BCUT2D eigenvalue weighted by molar-refractivity contribution is 14.1. The second kappa shape index (κ2) is 5.91. The Morgan fingerprint density at radius 1 is 1.53 bits per heavy atom. The molecule has 0 radical (unpaired) electrons. The van der Waals surface area contributed by atoms with Gasteiger partial charge in [0.15, 0.2) is 0 Å². The standard InChI is InChI=1S/C12H14ClIN2O/c13-10-3-1-2-9(8-10)11(4-5-14)16-7-6-15-12(16)17/h1-3,8,11H,4-7H2,(H,15,17). The van der Waals surface area contributed by atoms with Gasteiger partial charge in [-0.15, -0.1) is 0 Å². The molecule has 0 spiro atoms. The van der Waals surface area contributed by atoms with Crippen molar-refractivity contribution < 1.29 is 4.79 Å². The number of alkyl halides is 1. The van der Waals surface area contributed by atoms with Crippen LogP contribution < -0.4 is 5.32 Å². The number of carbonyl (C=O) groups excluding carboxylic acids is 1. The average molecular weight is 365 g/mol. The van der Waals surface area contributed by atoms with E-state index in [1.54, 1.807) is 0 Å². The van der Waals surface area contributed by atoms with Crippen molar-refractivity contribution in [1.29, 1.82) is 0 Å². The molecule has 0 aliphatic carbocycles. The van der Waals surface area contributed by atoms with Crippen LogP contribution in [0.1, 0.15) is 18.0 Å². The number of carbonyl (C=O) groups is 1. The summed E-state index contributed by atoms with van der Waals surface area (Å²) in [5.74, 6) is 0. The molecule has 5 heteroatoms. The highest BCUT2D eigenvalue weighted by Crippen LogP contribution is 2.28. The van der Waals surface area contributed by atoms with Crippen LogP contribution in [-0.4, -0.2) is 28.4 Å². The summed E-state index contributed by atoms with van der Waals surface area (Å²) in [4.78, 5) is 13.6. The average Bonchev–Trinajstić information content (AvgIpc) is 2.72. The van der Waals surface area contributed by atoms with Crippen molar-refractivity contribution >= 4 is 40.2 Å². The lowest BCUT2D eigenvalue weighted by molar-refractivity contribution is 0.197. The molecule has 1 aromatic rings. The van der Waals surface area contributed by atoms with Gasteiger partial charge in [0, 0.05) is 22.5 Å². The van der Waals surface area contributed by atoms with Crippen LogP contribution in [0.4, 0.5) is 4.79 Å². The van der Waals surface area contributed by atoms with Crippen molar-refractivity contribution in [2.75, 3.05) is 17.5 Å². The molecular formula is C12H14ClIN2O. The predicted molar refractivity (Wildman–Crippen MR) is 77.8 cm³/mol. The highest BCUT2D eigenvalue weighted by Gasteiger charge is 2.28. The Morgan fingerprint density at radius 3 is 2.94 bits per heavy atom. The number of hydrogen-bond donors (Lipinski definition) is 1. The molecule has 92 valence electrons. The second-order valence-corrected chi connectivity index (χ2v) is 5.49. The quantitative estimate of drug-likeness (QED) is 0.646. The van der Waals surface area contributed by atoms with Gasteiger partial charge in [0.2, 0.25) is 0 Å². The maximum Gasteiger partial charge on any atom is 0.318 e. The highest BCUT2D eigenvalue weighted by atomic mass is 127. The van der Waals surface area contributed by atoms with Crippen LogP contribution in [0, 0.1) is 0 Å². The Balaban J connectivity index is 2.25. The van der Waals surface area contributed by atoms with Crippen molar-refractivity contribution in [3.05, 3.63) is 34.9 Å². The zero-order valence-electron chi connectivity index (χ0n) is 9.33. The topological polar surface area (TPSA) is 32.3 Å². The predicted octanol–water partition coefficient (Wildman–Crippen LogP) is 3.23. The number of nitrogens with zero attached hydrogens (tertiary/aromatic N) is 1.